The number of nitrogens with zero attached hydrogens (tertiary/aromatic N) is 2. The number of hydrogen-bond acceptors (Lipinski definition) is 4. The molecular formula is C20H23N3O2. The van der Waals surface area contributed by atoms with Crippen molar-refractivity contribution in [1.82, 2.24) is 15.2 Å². The lowest BCUT2D eigenvalue weighted by molar-refractivity contribution is -0.128. The molecule has 1 aromatic heterocycles. The van der Waals surface area contributed by atoms with Crippen molar-refractivity contribution in [3.8, 4) is 0 Å². The fourth-order valence-corrected chi connectivity index (χ4v) is 3.81. The van der Waals surface area contributed by atoms with Gasteiger partial charge in [0.15, 0.2) is 0 Å². The highest BCUT2D eigenvalue weighted by atomic mass is 16.5. The minimum atomic E-state index is -0.0485. The van der Waals surface area contributed by atoms with Gasteiger partial charge in [0.25, 0.3) is 0 Å². The van der Waals surface area contributed by atoms with E-state index in [1.165, 1.54) is 5.56 Å². The van der Waals surface area contributed by atoms with Crippen LogP contribution >= 0.6 is 0 Å². The molecule has 5 heteroatoms. The van der Waals surface area contributed by atoms with E-state index in [1.54, 1.807) is 6.20 Å². The molecule has 25 heavy (non-hydrogen) atoms. The number of benzene rings is 1. The van der Waals surface area contributed by atoms with Crippen molar-refractivity contribution >= 4 is 5.91 Å². The Morgan fingerprint density at radius 3 is 2.80 bits per heavy atom. The maximum absolute atomic E-state index is 12.6. The van der Waals surface area contributed by atoms with E-state index in [1.807, 2.05) is 42.6 Å². The van der Waals surface area contributed by atoms with E-state index in [9.17, 15) is 4.79 Å². The van der Waals surface area contributed by atoms with Gasteiger partial charge in [-0.25, -0.2) is 0 Å². The molecule has 5 nitrogen and oxygen atoms in total. The van der Waals surface area contributed by atoms with Crippen LogP contribution in [-0.4, -0.2) is 41.1 Å². The lowest BCUT2D eigenvalue weighted by Gasteiger charge is -2.32. The molecular weight excluding hydrogens is 314 g/mol. The van der Waals surface area contributed by atoms with Gasteiger partial charge >= 0.3 is 0 Å². The number of carbonyl (C=O) groups is 1. The minimum Gasteiger partial charge on any atom is -0.371 e. The number of carbonyl (C=O) groups excluding carboxylic acids is 1. The average molecular weight is 337 g/mol. The molecule has 0 saturated carbocycles. The van der Waals surface area contributed by atoms with E-state index in [0.717, 1.165) is 31.6 Å². The van der Waals surface area contributed by atoms with Crippen molar-refractivity contribution in [1.29, 1.82) is 0 Å². The third kappa shape index (κ3) is 3.89. The van der Waals surface area contributed by atoms with Crippen molar-refractivity contribution in [2.24, 2.45) is 5.92 Å². The number of pyridine rings is 1. The van der Waals surface area contributed by atoms with Crippen LogP contribution in [0.5, 0.6) is 0 Å². The molecule has 2 saturated heterocycles. The second-order valence-electron chi connectivity index (χ2n) is 6.90. The number of nitrogens with one attached hydrogen (secondary N) is 1. The molecule has 2 aliphatic heterocycles. The fourth-order valence-electron chi connectivity index (χ4n) is 3.81. The molecule has 2 aromatic rings. The van der Waals surface area contributed by atoms with E-state index >= 15 is 0 Å². The first-order valence-electron chi connectivity index (χ1n) is 8.86. The number of rotatable bonds is 5. The highest BCUT2D eigenvalue weighted by Crippen LogP contribution is 2.32. The Hall–Kier alpha value is -2.24. The minimum absolute atomic E-state index is 0.00815. The summed E-state index contributed by atoms with van der Waals surface area (Å²) in [6, 6.07) is 14.1. The molecule has 1 aromatic carbocycles. The molecule has 2 aliphatic rings. The first-order valence-corrected chi connectivity index (χ1v) is 8.86. The first kappa shape index (κ1) is 16.2. The number of hydrogen-bond donors (Lipinski definition) is 1. The predicted molar refractivity (Wildman–Crippen MR) is 94.6 cm³/mol. The molecule has 3 atom stereocenters. The van der Waals surface area contributed by atoms with Crippen LogP contribution in [0.4, 0.5) is 0 Å². The van der Waals surface area contributed by atoms with E-state index in [4.69, 9.17) is 4.74 Å². The molecule has 0 aliphatic carbocycles. The van der Waals surface area contributed by atoms with Crippen molar-refractivity contribution in [3.05, 3.63) is 66.0 Å². The van der Waals surface area contributed by atoms with E-state index < -0.39 is 0 Å². The number of ether oxygens (including phenoxy) is 1. The zero-order chi connectivity index (χ0) is 17.1. The van der Waals surface area contributed by atoms with Gasteiger partial charge in [0.05, 0.1) is 18.1 Å². The monoisotopic (exact) mass is 337 g/mol. The lowest BCUT2D eigenvalue weighted by Crippen LogP contribution is -2.44. The standard InChI is InChI=1S/C20H23N3O2/c24-20(22-11-15-5-2-1-3-6-15)18-9-17-13-23(14-19(18)25-17)12-16-7-4-8-21-10-16/h1-8,10,17-19H,9,11-14H2,(H,22,24). The Labute approximate surface area is 148 Å². The summed E-state index contributed by atoms with van der Waals surface area (Å²) >= 11 is 0. The van der Waals surface area contributed by atoms with Gasteiger partial charge in [-0.3, -0.25) is 14.7 Å². The van der Waals surface area contributed by atoms with Gasteiger partial charge in [0.2, 0.25) is 5.91 Å². The zero-order valence-electron chi connectivity index (χ0n) is 14.2. The molecule has 2 fully saturated rings. The largest absolute Gasteiger partial charge is 0.371 e. The van der Waals surface area contributed by atoms with Crippen LogP contribution in [0.3, 0.4) is 0 Å². The van der Waals surface area contributed by atoms with Gasteiger partial charge in [0, 0.05) is 38.6 Å². The maximum Gasteiger partial charge on any atom is 0.226 e. The summed E-state index contributed by atoms with van der Waals surface area (Å²) in [7, 11) is 0. The molecule has 0 spiro atoms. The number of likely N-dealkylation sites (tertiary alicyclic amines) is 1. The maximum atomic E-state index is 12.6. The number of morpholine rings is 1. The van der Waals surface area contributed by atoms with Gasteiger partial charge in [-0.15, -0.1) is 0 Å². The Balaban J connectivity index is 1.33. The summed E-state index contributed by atoms with van der Waals surface area (Å²) in [5.41, 5.74) is 2.32. The van der Waals surface area contributed by atoms with Crippen LogP contribution in [0.2, 0.25) is 0 Å². The quantitative estimate of drug-likeness (QED) is 0.907. The summed E-state index contributed by atoms with van der Waals surface area (Å²) < 4.78 is 6.03. The molecule has 1 amide bonds. The Morgan fingerprint density at radius 1 is 1.16 bits per heavy atom. The van der Waals surface area contributed by atoms with E-state index in [2.05, 4.69) is 21.3 Å². The Bertz CT molecular complexity index is 707. The fraction of sp³-hybridized carbons (Fsp3) is 0.400. The average Bonchev–Trinajstić information content (AvgIpc) is 2.96. The molecule has 3 unspecified atom stereocenters. The van der Waals surface area contributed by atoms with Crippen LogP contribution < -0.4 is 5.32 Å². The molecule has 1 N–H and O–H groups in total. The highest BCUT2D eigenvalue weighted by Gasteiger charge is 2.44. The molecule has 130 valence electrons. The van der Waals surface area contributed by atoms with Crippen molar-refractivity contribution in [3.63, 3.8) is 0 Å². The van der Waals surface area contributed by atoms with Crippen molar-refractivity contribution in [2.45, 2.75) is 31.7 Å². The second-order valence-corrected chi connectivity index (χ2v) is 6.90. The summed E-state index contributed by atoms with van der Waals surface area (Å²) in [6.07, 6.45) is 4.66. The van der Waals surface area contributed by atoms with Crippen LogP contribution in [0.1, 0.15) is 17.5 Å². The summed E-state index contributed by atoms with van der Waals surface area (Å²) in [5, 5.41) is 3.07. The number of fused-ring (bicyclic) bond motifs is 2. The topological polar surface area (TPSA) is 54.5 Å². The zero-order valence-corrected chi connectivity index (χ0v) is 14.2. The van der Waals surface area contributed by atoms with Crippen LogP contribution in [0, 0.1) is 5.92 Å². The number of aromatic nitrogens is 1. The van der Waals surface area contributed by atoms with Gasteiger partial charge in [-0.05, 0) is 23.6 Å². The van der Waals surface area contributed by atoms with Crippen LogP contribution in [0.15, 0.2) is 54.9 Å². The van der Waals surface area contributed by atoms with Crippen molar-refractivity contribution in [2.75, 3.05) is 13.1 Å². The molecule has 3 heterocycles. The third-order valence-electron chi connectivity index (χ3n) is 5.01. The van der Waals surface area contributed by atoms with Gasteiger partial charge < -0.3 is 10.1 Å². The van der Waals surface area contributed by atoms with Gasteiger partial charge in [-0.2, -0.15) is 0 Å². The number of amides is 1. The summed E-state index contributed by atoms with van der Waals surface area (Å²) in [5.74, 6) is 0.0622. The van der Waals surface area contributed by atoms with Gasteiger partial charge in [-0.1, -0.05) is 36.4 Å². The SMILES string of the molecule is O=C(NCc1ccccc1)C1CC2CN(Cc3cccnc3)CC1O2. The molecule has 0 radical (unpaired) electrons. The van der Waals surface area contributed by atoms with Crippen LogP contribution in [-0.2, 0) is 22.6 Å². The Morgan fingerprint density at radius 2 is 2.00 bits per heavy atom. The van der Waals surface area contributed by atoms with Crippen molar-refractivity contribution < 1.29 is 9.53 Å². The van der Waals surface area contributed by atoms with E-state index in [-0.39, 0.29) is 24.0 Å². The van der Waals surface area contributed by atoms with Gasteiger partial charge in [0.1, 0.15) is 0 Å². The summed E-state index contributed by atoms with van der Waals surface area (Å²) in [4.78, 5) is 19.2. The highest BCUT2D eigenvalue weighted by molar-refractivity contribution is 5.79. The third-order valence-corrected chi connectivity index (χ3v) is 5.01. The molecule has 4 rings (SSSR count). The molecule has 2 bridgehead atoms. The smallest absolute Gasteiger partial charge is 0.226 e. The first-order chi connectivity index (χ1) is 12.3. The second kappa shape index (κ2) is 7.33. The van der Waals surface area contributed by atoms with E-state index in [0.29, 0.717) is 6.54 Å². The Kier molecular flexibility index (Phi) is 4.76. The lowest BCUT2D eigenvalue weighted by atomic mass is 9.99. The summed E-state index contributed by atoms with van der Waals surface area (Å²) in [6.45, 7) is 3.12. The van der Waals surface area contributed by atoms with Crippen LogP contribution in [0.25, 0.3) is 0 Å². The normalized spacial score (nSPS) is 25.7. The predicted octanol–water partition coefficient (Wildman–Crippen LogP) is 1.99.